The highest BCUT2D eigenvalue weighted by molar-refractivity contribution is 5.55. The quantitative estimate of drug-likeness (QED) is 0.884. The van der Waals surface area contributed by atoms with E-state index < -0.39 is 0 Å². The molecule has 0 amide bonds. The van der Waals surface area contributed by atoms with Gasteiger partial charge in [0.05, 0.1) is 0 Å². The highest BCUT2D eigenvalue weighted by atomic mass is 15.2. The van der Waals surface area contributed by atoms with E-state index in [9.17, 15) is 0 Å². The van der Waals surface area contributed by atoms with Gasteiger partial charge in [-0.25, -0.2) is 0 Å². The molecule has 0 spiro atoms. The molecule has 0 aromatic heterocycles. The van der Waals surface area contributed by atoms with Crippen molar-refractivity contribution in [3.8, 4) is 0 Å². The minimum atomic E-state index is 0.281. The number of para-hydroxylation sites is 1. The predicted molar refractivity (Wildman–Crippen MR) is 79.0 cm³/mol. The van der Waals surface area contributed by atoms with Gasteiger partial charge in [0, 0.05) is 24.8 Å². The van der Waals surface area contributed by atoms with Crippen molar-refractivity contribution in [3.63, 3.8) is 0 Å². The van der Waals surface area contributed by atoms with Gasteiger partial charge in [-0.2, -0.15) is 0 Å². The van der Waals surface area contributed by atoms with Crippen LogP contribution in [-0.4, -0.2) is 19.1 Å². The summed E-state index contributed by atoms with van der Waals surface area (Å²) in [5.74, 6) is 1.41. The molecule has 0 aliphatic carbocycles. The zero-order valence-electron chi connectivity index (χ0n) is 11.9. The fraction of sp³-hybridized carbons (Fsp3) is 0.625. The summed E-state index contributed by atoms with van der Waals surface area (Å²) < 4.78 is 0. The lowest BCUT2D eigenvalue weighted by Crippen LogP contribution is -2.43. The molecule has 2 rings (SSSR count). The molecule has 1 aromatic rings. The molecule has 2 N–H and O–H groups in total. The molecule has 1 aliphatic heterocycles. The van der Waals surface area contributed by atoms with Crippen LogP contribution in [0.5, 0.6) is 0 Å². The van der Waals surface area contributed by atoms with Crippen molar-refractivity contribution in [2.75, 3.05) is 18.0 Å². The minimum Gasteiger partial charge on any atom is -0.369 e. The number of fused-ring (bicyclic) bond motifs is 1. The molecule has 1 aliphatic rings. The fourth-order valence-corrected chi connectivity index (χ4v) is 3.04. The molecular formula is C16H26N2. The van der Waals surface area contributed by atoms with Gasteiger partial charge in [-0.1, -0.05) is 39.0 Å². The molecule has 0 fully saturated rings. The van der Waals surface area contributed by atoms with Crippen LogP contribution in [0.1, 0.15) is 32.8 Å². The second-order valence-corrected chi connectivity index (χ2v) is 6.23. The number of rotatable bonds is 4. The summed E-state index contributed by atoms with van der Waals surface area (Å²) in [7, 11) is 0. The molecule has 18 heavy (non-hydrogen) atoms. The number of hydrogen-bond donors (Lipinski definition) is 1. The maximum atomic E-state index is 6.27. The summed E-state index contributed by atoms with van der Waals surface area (Å²) in [6.45, 7) is 8.94. The van der Waals surface area contributed by atoms with Crippen LogP contribution in [0.25, 0.3) is 0 Å². The van der Waals surface area contributed by atoms with Gasteiger partial charge in [0.25, 0.3) is 0 Å². The van der Waals surface area contributed by atoms with Crippen LogP contribution in [0.4, 0.5) is 5.69 Å². The standard InChI is InChI=1S/C16H26N2/c1-12(2)8-15(17)11-18-10-13(3)9-14-6-4-5-7-16(14)18/h4-7,12-13,15H,8-11,17H2,1-3H3. The van der Waals surface area contributed by atoms with Crippen LogP contribution >= 0.6 is 0 Å². The summed E-state index contributed by atoms with van der Waals surface area (Å²) in [5.41, 5.74) is 9.14. The van der Waals surface area contributed by atoms with Crippen LogP contribution in [0.2, 0.25) is 0 Å². The Morgan fingerprint density at radius 2 is 2.06 bits per heavy atom. The summed E-state index contributed by atoms with van der Waals surface area (Å²) in [6, 6.07) is 9.05. The lowest BCUT2D eigenvalue weighted by Gasteiger charge is -2.36. The molecule has 0 bridgehead atoms. The lowest BCUT2D eigenvalue weighted by atomic mass is 9.93. The van der Waals surface area contributed by atoms with E-state index >= 15 is 0 Å². The number of nitrogens with two attached hydrogens (primary N) is 1. The van der Waals surface area contributed by atoms with Crippen LogP contribution < -0.4 is 10.6 Å². The van der Waals surface area contributed by atoms with Gasteiger partial charge in [0.2, 0.25) is 0 Å². The third-order valence-corrected chi connectivity index (χ3v) is 3.66. The first-order valence-corrected chi connectivity index (χ1v) is 7.14. The van der Waals surface area contributed by atoms with Crippen molar-refractivity contribution in [2.24, 2.45) is 17.6 Å². The third kappa shape index (κ3) is 3.26. The molecular weight excluding hydrogens is 220 g/mol. The van der Waals surface area contributed by atoms with Gasteiger partial charge >= 0.3 is 0 Å². The Morgan fingerprint density at radius 3 is 2.78 bits per heavy atom. The van der Waals surface area contributed by atoms with E-state index in [2.05, 4.69) is 49.9 Å². The first kappa shape index (κ1) is 13.4. The van der Waals surface area contributed by atoms with E-state index in [0.717, 1.165) is 25.4 Å². The Bertz CT molecular complexity index is 386. The normalized spacial score (nSPS) is 20.9. The van der Waals surface area contributed by atoms with Crippen LogP contribution in [0, 0.1) is 11.8 Å². The smallest absolute Gasteiger partial charge is 0.0399 e. The summed E-state index contributed by atoms with van der Waals surface area (Å²) >= 11 is 0. The van der Waals surface area contributed by atoms with Crippen LogP contribution in [0.3, 0.4) is 0 Å². The molecule has 2 nitrogen and oxygen atoms in total. The third-order valence-electron chi connectivity index (χ3n) is 3.66. The van der Waals surface area contributed by atoms with E-state index in [-0.39, 0.29) is 6.04 Å². The second kappa shape index (κ2) is 5.75. The largest absolute Gasteiger partial charge is 0.369 e. The molecule has 100 valence electrons. The zero-order chi connectivity index (χ0) is 13.1. The van der Waals surface area contributed by atoms with Crippen molar-refractivity contribution in [1.82, 2.24) is 0 Å². The molecule has 2 atom stereocenters. The van der Waals surface area contributed by atoms with Crippen molar-refractivity contribution in [3.05, 3.63) is 29.8 Å². The lowest BCUT2D eigenvalue weighted by molar-refractivity contribution is 0.462. The topological polar surface area (TPSA) is 29.3 Å². The van der Waals surface area contributed by atoms with E-state index in [0.29, 0.717) is 5.92 Å². The van der Waals surface area contributed by atoms with Crippen LogP contribution in [0.15, 0.2) is 24.3 Å². The maximum absolute atomic E-state index is 6.27. The van der Waals surface area contributed by atoms with E-state index in [1.165, 1.54) is 17.7 Å². The number of hydrogen-bond acceptors (Lipinski definition) is 2. The Balaban J connectivity index is 2.09. The summed E-state index contributed by atoms with van der Waals surface area (Å²) in [6.07, 6.45) is 2.30. The van der Waals surface area contributed by atoms with Gasteiger partial charge < -0.3 is 10.6 Å². The Kier molecular flexibility index (Phi) is 4.28. The molecule has 1 aromatic carbocycles. The molecule has 1 heterocycles. The molecule has 2 unspecified atom stereocenters. The monoisotopic (exact) mass is 246 g/mol. The van der Waals surface area contributed by atoms with E-state index in [1.54, 1.807) is 0 Å². The number of benzene rings is 1. The van der Waals surface area contributed by atoms with E-state index in [1.807, 2.05) is 0 Å². The zero-order valence-corrected chi connectivity index (χ0v) is 11.9. The minimum absolute atomic E-state index is 0.281. The number of nitrogens with zero attached hydrogens (tertiary/aromatic N) is 1. The summed E-state index contributed by atoms with van der Waals surface area (Å²) in [4.78, 5) is 2.48. The van der Waals surface area contributed by atoms with E-state index in [4.69, 9.17) is 5.73 Å². The van der Waals surface area contributed by atoms with Gasteiger partial charge in [-0.05, 0) is 36.3 Å². The fourth-order valence-electron chi connectivity index (χ4n) is 3.04. The SMILES string of the molecule is CC(C)CC(N)CN1CC(C)Cc2ccccc21. The predicted octanol–water partition coefficient (Wildman–Crippen LogP) is 3.06. The molecule has 2 heteroatoms. The first-order valence-electron chi connectivity index (χ1n) is 7.14. The average molecular weight is 246 g/mol. The van der Waals surface area contributed by atoms with Crippen molar-refractivity contribution < 1.29 is 0 Å². The van der Waals surface area contributed by atoms with Gasteiger partial charge in [-0.3, -0.25) is 0 Å². The van der Waals surface area contributed by atoms with Gasteiger partial charge in [0.1, 0.15) is 0 Å². The first-order chi connectivity index (χ1) is 8.56. The van der Waals surface area contributed by atoms with Gasteiger partial charge in [-0.15, -0.1) is 0 Å². The Labute approximate surface area is 111 Å². The number of anilines is 1. The molecule has 0 radical (unpaired) electrons. The van der Waals surface area contributed by atoms with Crippen molar-refractivity contribution in [1.29, 1.82) is 0 Å². The highest BCUT2D eigenvalue weighted by Crippen LogP contribution is 2.29. The highest BCUT2D eigenvalue weighted by Gasteiger charge is 2.22. The maximum Gasteiger partial charge on any atom is 0.0399 e. The van der Waals surface area contributed by atoms with Gasteiger partial charge in [0.15, 0.2) is 0 Å². The van der Waals surface area contributed by atoms with Crippen LogP contribution in [-0.2, 0) is 6.42 Å². The molecule has 0 saturated heterocycles. The Morgan fingerprint density at radius 1 is 1.33 bits per heavy atom. The van der Waals surface area contributed by atoms with Crippen molar-refractivity contribution >= 4 is 5.69 Å². The average Bonchev–Trinajstić information content (AvgIpc) is 2.27. The molecule has 0 saturated carbocycles. The van der Waals surface area contributed by atoms with Crippen molar-refractivity contribution in [2.45, 2.75) is 39.7 Å². The Hall–Kier alpha value is -1.02. The second-order valence-electron chi connectivity index (χ2n) is 6.23. The summed E-state index contributed by atoms with van der Waals surface area (Å²) in [5, 5.41) is 0.